The lowest BCUT2D eigenvalue weighted by Gasteiger charge is -2.51. The van der Waals surface area contributed by atoms with E-state index in [2.05, 4.69) is 108 Å². The number of fused-ring (bicyclic) bond motifs is 2. The molecule has 20 unspecified atom stereocenters. The van der Waals surface area contributed by atoms with Crippen LogP contribution in [0.5, 0.6) is 0 Å². The number of ether oxygens (including phenoxy) is 10. The van der Waals surface area contributed by atoms with Gasteiger partial charge in [-0.05, 0) is 106 Å². The number of hydrogen-bond acceptors (Lipinski definition) is 15. The third-order valence-electron chi connectivity index (χ3n) is 19.3. The monoisotopic (exact) mass is 1120 g/mol. The number of rotatable bonds is 12. The van der Waals surface area contributed by atoms with Crippen LogP contribution in [-0.4, -0.2) is 145 Å². The van der Waals surface area contributed by atoms with Crippen LogP contribution in [0.1, 0.15) is 148 Å². The van der Waals surface area contributed by atoms with Crippen molar-refractivity contribution in [2.24, 2.45) is 23.7 Å². The molecule has 5 fully saturated rings. The summed E-state index contributed by atoms with van der Waals surface area (Å²) < 4.78 is 80.1. The van der Waals surface area contributed by atoms with Gasteiger partial charge in [0.25, 0.3) is 0 Å². The molecule has 0 amide bonds. The largest absolute Gasteiger partial charge is 0.462 e. The van der Waals surface area contributed by atoms with E-state index in [1.807, 2.05) is 26.8 Å². The average Bonchev–Trinajstić information content (AvgIpc) is 3.60. The summed E-state index contributed by atoms with van der Waals surface area (Å²) in [5.41, 5.74) is -0.500. The van der Waals surface area contributed by atoms with Crippen LogP contribution < -0.4 is 0 Å². The van der Waals surface area contributed by atoms with Gasteiger partial charge in [-0.2, -0.15) is 0 Å². The third-order valence-corrected chi connectivity index (χ3v) is 28.2. The van der Waals surface area contributed by atoms with Gasteiger partial charge in [0.15, 0.2) is 46.7 Å². The van der Waals surface area contributed by atoms with Crippen LogP contribution in [-0.2, 0) is 65.8 Å². The van der Waals surface area contributed by atoms with E-state index in [1.165, 1.54) is 0 Å². The summed E-state index contributed by atoms with van der Waals surface area (Å²) in [4.78, 5) is 29.2. The quantitative estimate of drug-likeness (QED) is 0.111. The van der Waals surface area contributed by atoms with Crippen molar-refractivity contribution < 1.29 is 70.9 Å². The molecule has 17 heteroatoms. The summed E-state index contributed by atoms with van der Waals surface area (Å²) >= 11 is 0. The van der Waals surface area contributed by atoms with Gasteiger partial charge in [0, 0.05) is 52.2 Å². The van der Waals surface area contributed by atoms with Crippen molar-refractivity contribution in [2.45, 2.75) is 282 Å². The first-order valence-corrected chi connectivity index (χ1v) is 34.9. The van der Waals surface area contributed by atoms with Gasteiger partial charge in [0.1, 0.15) is 24.2 Å². The van der Waals surface area contributed by atoms with E-state index < -0.39 is 101 Å². The number of methoxy groups -OCH3 is 2. The summed E-state index contributed by atoms with van der Waals surface area (Å²) in [6.45, 7) is 38.5. The van der Waals surface area contributed by atoms with Crippen LogP contribution in [0.15, 0.2) is 47.1 Å². The topological polar surface area (TPSA) is 165 Å². The molecule has 20 atom stereocenters. The highest BCUT2D eigenvalue weighted by molar-refractivity contribution is 6.74. The highest BCUT2D eigenvalue weighted by atomic mass is 28.4. The summed E-state index contributed by atoms with van der Waals surface area (Å²) in [7, 11) is -1.23. The molecule has 0 radical (unpaired) electrons. The second-order valence-corrected chi connectivity index (χ2v) is 36.6. The lowest BCUT2D eigenvalue weighted by Crippen LogP contribution is -2.60. The van der Waals surface area contributed by atoms with E-state index in [4.69, 9.17) is 56.2 Å². The Morgan fingerprint density at radius 3 is 1.99 bits per heavy atom. The van der Waals surface area contributed by atoms with Crippen LogP contribution in [0.25, 0.3) is 0 Å². The molecule has 6 aliphatic heterocycles. The van der Waals surface area contributed by atoms with Crippen LogP contribution in [0.2, 0.25) is 36.3 Å². The van der Waals surface area contributed by atoms with Crippen LogP contribution in [0.3, 0.4) is 0 Å². The maximum atomic E-state index is 14.9. The van der Waals surface area contributed by atoms with E-state index in [0.717, 1.165) is 18.4 Å². The molecule has 1 aliphatic carbocycles. The van der Waals surface area contributed by atoms with Gasteiger partial charge in [-0.3, -0.25) is 4.79 Å². The van der Waals surface area contributed by atoms with E-state index in [9.17, 15) is 14.7 Å². The molecule has 2 bridgehead atoms. The van der Waals surface area contributed by atoms with Gasteiger partial charge in [-0.1, -0.05) is 100.0 Å². The van der Waals surface area contributed by atoms with Crippen molar-refractivity contribution in [1.29, 1.82) is 0 Å². The van der Waals surface area contributed by atoms with Crippen molar-refractivity contribution in [3.05, 3.63) is 47.1 Å². The van der Waals surface area contributed by atoms with Gasteiger partial charge in [0.2, 0.25) is 0 Å². The molecule has 0 aromatic rings. The molecule has 6 heterocycles. The lowest BCUT2D eigenvalue weighted by atomic mass is 9.70. The van der Waals surface area contributed by atoms with Gasteiger partial charge in [-0.15, -0.1) is 0 Å². The fraction of sp³-hybridized carbons (Fsp3) is 0.833. The number of allylic oxidation sites excluding steroid dienone is 2. The maximum Gasteiger partial charge on any atom is 0.337 e. The van der Waals surface area contributed by atoms with Crippen LogP contribution >= 0.6 is 0 Å². The number of carbonyl (C=O) groups excluding carboxylic acids is 2. The Bertz CT molecular complexity index is 2190. The second kappa shape index (κ2) is 24.0. The zero-order chi connectivity index (χ0) is 57.0. The molecular formula is C60H100O15Si2. The zero-order valence-electron chi connectivity index (χ0n) is 50.6. The molecule has 438 valence electrons. The standard InChI is InChI=1S/C60H100O15Si2/c1-21-34(2)50-37(5)27-28-59(73-50)33-42-30-41(72-59)26-25-36(4)49(69-47-31-45(64-15)52(39(7)66-47)70-48-32-46(65-16)53(40(8)67-48)75-77(19,20)58(12,13)14)35(3)23-22-24-43-55(61)71-54-51(74-76(17,18)57(9,10)11)38(6)29-44(56(62)68-42)60(43,54)63/h22-25,29,34-35,37,39-42,44-54,63H,21,26-28,30-33H2,1-20H3/b23-22-,36-25-,43-24?. The minimum absolute atomic E-state index is 0.0255. The SMILES string of the molecule is CCC(C)C1OC2(CCC1C)CC1CC(C/C=C(/C)C(OC3CC(OC)C(OC4CC(OC)C(O[Si](C)(C)C(C)(C)C)C(C)O4)C(C)O3)C(C)/C=C\C=C3C(=O)OC4C(O[Si](C)(C)C(C)(C)C)C(C)=CC(C(=O)O1)C34O)O2. The van der Waals surface area contributed by atoms with Gasteiger partial charge in [0.05, 0.1) is 54.4 Å². The molecule has 15 nitrogen and oxygen atoms in total. The number of aliphatic hydroxyl groups is 1. The summed E-state index contributed by atoms with van der Waals surface area (Å²) in [5.74, 6) is -3.28. The van der Waals surface area contributed by atoms with E-state index >= 15 is 0 Å². The zero-order valence-corrected chi connectivity index (χ0v) is 52.6. The molecule has 1 N–H and O–H groups in total. The van der Waals surface area contributed by atoms with Crippen molar-refractivity contribution in [2.75, 3.05) is 14.2 Å². The lowest BCUT2D eigenvalue weighted by molar-refractivity contribution is -0.340. The van der Waals surface area contributed by atoms with Gasteiger partial charge in [-0.25, -0.2) is 4.79 Å². The third kappa shape index (κ3) is 13.2. The minimum Gasteiger partial charge on any atom is -0.462 e. The molecule has 0 aromatic carbocycles. The van der Waals surface area contributed by atoms with Gasteiger partial charge < -0.3 is 61.3 Å². The first-order valence-electron chi connectivity index (χ1n) is 29.0. The van der Waals surface area contributed by atoms with Crippen LogP contribution in [0.4, 0.5) is 0 Å². The Hall–Kier alpha value is -2.11. The molecule has 5 saturated heterocycles. The fourth-order valence-corrected chi connectivity index (χ4v) is 14.9. The predicted molar refractivity (Wildman–Crippen MR) is 300 cm³/mol. The predicted octanol–water partition coefficient (Wildman–Crippen LogP) is 11.2. The molecule has 0 aromatic heterocycles. The van der Waals surface area contributed by atoms with Crippen molar-refractivity contribution in [3.8, 4) is 0 Å². The van der Waals surface area contributed by atoms with E-state index in [0.29, 0.717) is 50.0 Å². The highest BCUT2D eigenvalue weighted by Crippen LogP contribution is 2.51. The van der Waals surface area contributed by atoms with Crippen LogP contribution in [0, 0.1) is 23.7 Å². The molecule has 77 heavy (non-hydrogen) atoms. The molecular weight excluding hydrogens is 1020 g/mol. The van der Waals surface area contributed by atoms with E-state index in [-0.39, 0.29) is 58.0 Å². The highest BCUT2D eigenvalue weighted by Gasteiger charge is 2.65. The van der Waals surface area contributed by atoms with Gasteiger partial charge >= 0.3 is 11.9 Å². The summed E-state index contributed by atoms with van der Waals surface area (Å²) in [6.07, 6.45) is 6.94. The summed E-state index contributed by atoms with van der Waals surface area (Å²) in [5, 5.41) is 13.1. The Kier molecular flexibility index (Phi) is 19.5. The second-order valence-electron chi connectivity index (χ2n) is 27.0. The average molecular weight is 1120 g/mol. The van der Waals surface area contributed by atoms with Crippen molar-refractivity contribution >= 4 is 28.6 Å². The Morgan fingerprint density at radius 1 is 0.779 bits per heavy atom. The first-order chi connectivity index (χ1) is 35.8. The normalized spacial score (nSPS) is 42.3. The molecule has 7 aliphatic rings. The fourth-order valence-electron chi connectivity index (χ4n) is 12.2. The first kappa shape index (κ1) is 62.5. The Balaban J connectivity index is 1.19. The number of hydrogen-bond donors (Lipinski definition) is 1. The maximum absolute atomic E-state index is 14.9. The van der Waals surface area contributed by atoms with Crippen molar-refractivity contribution in [1.82, 2.24) is 0 Å². The molecule has 7 rings (SSSR count). The molecule has 0 saturated carbocycles. The number of esters is 2. The summed E-state index contributed by atoms with van der Waals surface area (Å²) in [6, 6.07) is 0. The Labute approximate surface area is 464 Å². The smallest absolute Gasteiger partial charge is 0.337 e. The number of carbonyl (C=O) groups is 2. The molecule has 1 spiro atoms. The van der Waals surface area contributed by atoms with Crippen molar-refractivity contribution in [3.63, 3.8) is 0 Å². The minimum atomic E-state index is -2.51. The Morgan fingerprint density at radius 2 is 1.38 bits per heavy atom. The van der Waals surface area contributed by atoms with E-state index in [1.54, 1.807) is 32.4 Å².